The van der Waals surface area contributed by atoms with Gasteiger partial charge in [0, 0.05) is 22.6 Å². The first kappa shape index (κ1) is 15.0. The fourth-order valence-corrected chi connectivity index (χ4v) is 3.08. The van der Waals surface area contributed by atoms with Crippen molar-refractivity contribution >= 4 is 33.0 Å². The van der Waals surface area contributed by atoms with Crippen molar-refractivity contribution in [3.63, 3.8) is 0 Å². The Bertz CT molecular complexity index is 627. The molecule has 0 bridgehead atoms. The van der Waals surface area contributed by atoms with E-state index in [1.54, 1.807) is 18.3 Å². The highest BCUT2D eigenvalue weighted by Gasteiger charge is 2.15. The van der Waals surface area contributed by atoms with Crippen molar-refractivity contribution in [3.05, 3.63) is 54.7 Å². The second-order valence-electron chi connectivity index (χ2n) is 4.15. The van der Waals surface area contributed by atoms with E-state index < -0.39 is 11.0 Å². The first-order chi connectivity index (χ1) is 9.47. The van der Waals surface area contributed by atoms with E-state index in [0.717, 1.165) is 8.66 Å². The van der Waals surface area contributed by atoms with Gasteiger partial charge in [0.05, 0.1) is 14.8 Å². The Morgan fingerprint density at radius 3 is 2.75 bits per heavy atom. The summed E-state index contributed by atoms with van der Waals surface area (Å²) in [6, 6.07) is 8.08. The molecular weight excluding hydrogens is 346 g/mol. The molecule has 20 heavy (non-hydrogen) atoms. The Kier molecular flexibility index (Phi) is 4.74. The van der Waals surface area contributed by atoms with Crippen molar-refractivity contribution in [1.82, 2.24) is 0 Å². The highest BCUT2D eigenvalue weighted by atomic mass is 79.9. The number of nitrogens with zero attached hydrogens (tertiary/aromatic N) is 1. The molecule has 0 aliphatic carbocycles. The van der Waals surface area contributed by atoms with Crippen LogP contribution in [0.25, 0.3) is 0 Å². The number of nitro benzene ring substituents is 1. The smallest absolute Gasteiger partial charge is 0.270 e. The predicted octanol–water partition coefficient (Wildman–Crippen LogP) is 4.05. The molecule has 0 saturated carbocycles. The third-order valence-electron chi connectivity index (χ3n) is 2.65. The number of halogens is 1. The first-order valence-corrected chi connectivity index (χ1v) is 7.41. The summed E-state index contributed by atoms with van der Waals surface area (Å²) in [5.41, 5.74) is 0.349. The van der Waals surface area contributed by atoms with Gasteiger partial charge >= 0.3 is 0 Å². The quantitative estimate of drug-likeness (QED) is 0.646. The molecule has 7 heteroatoms. The van der Waals surface area contributed by atoms with Crippen molar-refractivity contribution < 1.29 is 14.8 Å². The summed E-state index contributed by atoms with van der Waals surface area (Å²) >= 11 is 4.92. The zero-order valence-electron chi connectivity index (χ0n) is 10.6. The Hall–Kier alpha value is -1.44. The van der Waals surface area contributed by atoms with Gasteiger partial charge in [-0.25, -0.2) is 0 Å². The Morgan fingerprint density at radius 2 is 2.20 bits per heavy atom. The summed E-state index contributed by atoms with van der Waals surface area (Å²) in [6.07, 6.45) is -0.833. The van der Waals surface area contributed by atoms with Gasteiger partial charge in [-0.3, -0.25) is 10.1 Å². The van der Waals surface area contributed by atoms with Crippen molar-refractivity contribution in [1.29, 1.82) is 0 Å². The molecular formula is C13H12BrNO4S. The molecule has 0 unspecified atom stereocenters. The van der Waals surface area contributed by atoms with E-state index in [4.69, 9.17) is 4.74 Å². The van der Waals surface area contributed by atoms with E-state index in [9.17, 15) is 15.2 Å². The van der Waals surface area contributed by atoms with Crippen LogP contribution in [-0.4, -0.2) is 10.0 Å². The molecule has 0 aliphatic rings. The largest absolute Gasteiger partial charge is 0.488 e. The molecule has 0 fully saturated rings. The highest BCUT2D eigenvalue weighted by Crippen LogP contribution is 2.31. The zero-order chi connectivity index (χ0) is 14.7. The number of hydrogen-bond donors (Lipinski definition) is 1. The maximum absolute atomic E-state index is 10.7. The number of aliphatic hydroxyl groups is 1. The first-order valence-electron chi connectivity index (χ1n) is 5.81. The van der Waals surface area contributed by atoms with Gasteiger partial charge in [-0.15, -0.1) is 11.3 Å². The fraction of sp³-hybridized carbons (Fsp3) is 0.231. The molecule has 1 aromatic heterocycles. The SMILES string of the molecule is C[C@@H](O)c1cc([N+](=O)[O-])ccc1OCc1ccc(Br)s1. The van der Waals surface area contributed by atoms with Crippen molar-refractivity contribution in [2.45, 2.75) is 19.6 Å². The Balaban J connectivity index is 2.20. The van der Waals surface area contributed by atoms with E-state index in [0.29, 0.717) is 17.9 Å². The van der Waals surface area contributed by atoms with Gasteiger partial charge in [0.2, 0.25) is 0 Å². The molecule has 0 radical (unpaired) electrons. The van der Waals surface area contributed by atoms with Gasteiger partial charge in [0.1, 0.15) is 12.4 Å². The molecule has 0 spiro atoms. The average molecular weight is 358 g/mol. The summed E-state index contributed by atoms with van der Waals surface area (Å²) in [6.45, 7) is 1.90. The van der Waals surface area contributed by atoms with Gasteiger partial charge in [-0.05, 0) is 41.1 Å². The summed E-state index contributed by atoms with van der Waals surface area (Å²) in [5.74, 6) is 0.454. The van der Waals surface area contributed by atoms with Crippen LogP contribution in [-0.2, 0) is 6.61 Å². The minimum Gasteiger partial charge on any atom is -0.488 e. The van der Waals surface area contributed by atoms with Gasteiger partial charge in [0.25, 0.3) is 5.69 Å². The molecule has 2 rings (SSSR count). The number of thiophene rings is 1. The molecule has 106 valence electrons. The number of ether oxygens (including phenoxy) is 1. The maximum Gasteiger partial charge on any atom is 0.270 e. The van der Waals surface area contributed by atoms with E-state index in [1.165, 1.54) is 18.2 Å². The lowest BCUT2D eigenvalue weighted by atomic mass is 10.1. The summed E-state index contributed by atoms with van der Waals surface area (Å²) < 4.78 is 6.65. The summed E-state index contributed by atoms with van der Waals surface area (Å²) in [4.78, 5) is 11.3. The lowest BCUT2D eigenvalue weighted by Gasteiger charge is -2.12. The third kappa shape index (κ3) is 3.56. The molecule has 0 aliphatic heterocycles. The molecule has 0 saturated heterocycles. The van der Waals surface area contributed by atoms with Crippen molar-refractivity contribution in [2.24, 2.45) is 0 Å². The lowest BCUT2D eigenvalue weighted by molar-refractivity contribution is -0.385. The molecule has 5 nitrogen and oxygen atoms in total. The van der Waals surface area contributed by atoms with Crippen LogP contribution < -0.4 is 4.74 Å². The third-order valence-corrected chi connectivity index (χ3v) is 4.25. The van der Waals surface area contributed by atoms with E-state index in [1.807, 2.05) is 12.1 Å². The average Bonchev–Trinajstić information content (AvgIpc) is 2.81. The van der Waals surface area contributed by atoms with Crippen LogP contribution in [0.4, 0.5) is 5.69 Å². The van der Waals surface area contributed by atoms with E-state index in [-0.39, 0.29) is 5.69 Å². The van der Waals surface area contributed by atoms with Gasteiger partial charge in [0.15, 0.2) is 0 Å². The van der Waals surface area contributed by atoms with Crippen LogP contribution in [0.3, 0.4) is 0 Å². The minimum absolute atomic E-state index is 0.0629. The van der Waals surface area contributed by atoms with Crippen molar-refractivity contribution in [2.75, 3.05) is 0 Å². The van der Waals surface area contributed by atoms with E-state index >= 15 is 0 Å². The summed E-state index contributed by atoms with van der Waals surface area (Å²) in [7, 11) is 0. The maximum atomic E-state index is 10.7. The van der Waals surface area contributed by atoms with Crippen LogP contribution >= 0.6 is 27.3 Å². The number of aliphatic hydroxyl groups excluding tert-OH is 1. The van der Waals surface area contributed by atoms with Gasteiger partial charge in [-0.2, -0.15) is 0 Å². The molecule has 1 N–H and O–H groups in total. The monoisotopic (exact) mass is 357 g/mol. The fourth-order valence-electron chi connectivity index (χ4n) is 1.69. The van der Waals surface area contributed by atoms with Crippen LogP contribution in [0.5, 0.6) is 5.75 Å². The number of benzene rings is 1. The highest BCUT2D eigenvalue weighted by molar-refractivity contribution is 9.11. The molecule has 1 aromatic carbocycles. The Morgan fingerprint density at radius 1 is 1.45 bits per heavy atom. The number of non-ortho nitro benzene ring substituents is 1. The normalized spacial score (nSPS) is 12.2. The minimum atomic E-state index is -0.833. The number of nitro groups is 1. The number of rotatable bonds is 5. The van der Waals surface area contributed by atoms with Crippen LogP contribution in [0.2, 0.25) is 0 Å². The van der Waals surface area contributed by atoms with E-state index in [2.05, 4.69) is 15.9 Å². The predicted molar refractivity (Wildman–Crippen MR) is 80.1 cm³/mol. The van der Waals surface area contributed by atoms with Crippen molar-refractivity contribution in [3.8, 4) is 5.75 Å². The topological polar surface area (TPSA) is 72.6 Å². The van der Waals surface area contributed by atoms with Gasteiger partial charge < -0.3 is 9.84 Å². The molecule has 0 amide bonds. The standard InChI is InChI=1S/C13H12BrNO4S/c1-8(16)11-6-9(15(17)18)2-4-12(11)19-7-10-3-5-13(14)20-10/h2-6,8,16H,7H2,1H3/t8-/m1/s1. The molecule has 1 heterocycles. The van der Waals surface area contributed by atoms with Gasteiger partial charge in [-0.1, -0.05) is 0 Å². The lowest BCUT2D eigenvalue weighted by Crippen LogP contribution is -2.01. The van der Waals surface area contributed by atoms with Crippen LogP contribution in [0, 0.1) is 10.1 Å². The number of hydrogen-bond acceptors (Lipinski definition) is 5. The van der Waals surface area contributed by atoms with Crippen LogP contribution in [0.15, 0.2) is 34.1 Å². The second kappa shape index (κ2) is 6.34. The van der Waals surface area contributed by atoms with Crippen LogP contribution in [0.1, 0.15) is 23.5 Å². The second-order valence-corrected chi connectivity index (χ2v) is 6.70. The summed E-state index contributed by atoms with van der Waals surface area (Å²) in [5, 5.41) is 20.5. The zero-order valence-corrected chi connectivity index (χ0v) is 13.0. The molecule has 1 atom stereocenters. The molecule has 2 aromatic rings. The Labute approximate surface area is 128 Å².